The van der Waals surface area contributed by atoms with Gasteiger partial charge in [-0.05, 0) is 39.5 Å². The Bertz CT molecular complexity index is 199. The third kappa shape index (κ3) is 17.8. The second-order valence-electron chi connectivity index (χ2n) is 6.33. The lowest BCUT2D eigenvalue weighted by atomic mass is 10.1. The van der Waals surface area contributed by atoms with Gasteiger partial charge >= 0.3 is 0 Å². The lowest BCUT2D eigenvalue weighted by Crippen LogP contribution is -2.22. The van der Waals surface area contributed by atoms with Crippen LogP contribution in [0.1, 0.15) is 47.5 Å². The first-order valence-corrected chi connectivity index (χ1v) is 7.79. The van der Waals surface area contributed by atoms with Crippen LogP contribution in [0.4, 0.5) is 0 Å². The van der Waals surface area contributed by atoms with Gasteiger partial charge in [0, 0.05) is 6.61 Å². The smallest absolute Gasteiger partial charge is 0.0707 e. The minimum atomic E-state index is -0.0905. The Kier molecular flexibility index (Phi) is 12.5. The number of hydrogen-bond donors (Lipinski definition) is 0. The van der Waals surface area contributed by atoms with Gasteiger partial charge in [0.1, 0.15) is 0 Å². The van der Waals surface area contributed by atoms with Crippen molar-refractivity contribution >= 4 is 0 Å². The molecule has 0 bridgehead atoms. The maximum atomic E-state index is 5.54. The molecule has 0 unspecified atom stereocenters. The molecule has 0 spiro atoms. The fourth-order valence-corrected chi connectivity index (χ4v) is 1.54. The van der Waals surface area contributed by atoms with Gasteiger partial charge in [-0.3, -0.25) is 0 Å². The second kappa shape index (κ2) is 12.6. The van der Waals surface area contributed by atoms with Gasteiger partial charge in [0.05, 0.1) is 45.2 Å². The van der Waals surface area contributed by atoms with Crippen LogP contribution in [0.3, 0.4) is 0 Å². The summed E-state index contributed by atoms with van der Waals surface area (Å²) in [4.78, 5) is 0. The minimum absolute atomic E-state index is 0.0905. The molecule has 4 heteroatoms. The van der Waals surface area contributed by atoms with E-state index in [1.807, 2.05) is 20.8 Å². The average Bonchev–Trinajstić information content (AvgIpc) is 2.33. The van der Waals surface area contributed by atoms with Crippen LogP contribution < -0.4 is 0 Å². The first-order valence-electron chi connectivity index (χ1n) is 7.79. The van der Waals surface area contributed by atoms with Crippen molar-refractivity contribution in [3.05, 3.63) is 0 Å². The highest BCUT2D eigenvalue weighted by Gasteiger charge is 2.08. The zero-order valence-corrected chi connectivity index (χ0v) is 14.1. The van der Waals surface area contributed by atoms with Crippen molar-refractivity contribution in [2.24, 2.45) is 5.92 Å². The molecule has 4 nitrogen and oxygen atoms in total. The summed E-state index contributed by atoms with van der Waals surface area (Å²) in [6, 6.07) is 0. The Balaban J connectivity index is 3.03. The van der Waals surface area contributed by atoms with E-state index >= 15 is 0 Å². The summed E-state index contributed by atoms with van der Waals surface area (Å²) >= 11 is 0. The summed E-state index contributed by atoms with van der Waals surface area (Å²) < 4.78 is 21.9. The molecule has 0 saturated heterocycles. The standard InChI is InChI=1S/C16H34O4/c1-15(2)7-6-8-17-9-10-18-11-12-19-13-14-20-16(3,4)5/h15H,6-14H2,1-5H3. The molecule has 0 amide bonds. The fraction of sp³-hybridized carbons (Fsp3) is 1.00. The Morgan fingerprint density at radius 1 is 0.700 bits per heavy atom. The molecule has 0 saturated carbocycles. The summed E-state index contributed by atoms with van der Waals surface area (Å²) in [6.07, 6.45) is 2.36. The molecule has 0 N–H and O–H groups in total. The zero-order chi connectivity index (χ0) is 15.3. The van der Waals surface area contributed by atoms with Crippen LogP contribution in [0.25, 0.3) is 0 Å². The largest absolute Gasteiger partial charge is 0.379 e. The van der Waals surface area contributed by atoms with Gasteiger partial charge in [-0.2, -0.15) is 0 Å². The normalized spacial score (nSPS) is 12.3. The average molecular weight is 290 g/mol. The van der Waals surface area contributed by atoms with Crippen molar-refractivity contribution in [3.63, 3.8) is 0 Å². The molecule has 0 aliphatic heterocycles. The van der Waals surface area contributed by atoms with Crippen LogP contribution in [0, 0.1) is 5.92 Å². The van der Waals surface area contributed by atoms with Gasteiger partial charge < -0.3 is 18.9 Å². The van der Waals surface area contributed by atoms with Gasteiger partial charge in [0.2, 0.25) is 0 Å². The third-order valence-electron chi connectivity index (χ3n) is 2.58. The van der Waals surface area contributed by atoms with Crippen LogP contribution in [-0.4, -0.2) is 51.8 Å². The summed E-state index contributed by atoms with van der Waals surface area (Å²) in [5.41, 5.74) is -0.0905. The van der Waals surface area contributed by atoms with Crippen molar-refractivity contribution in [2.75, 3.05) is 46.2 Å². The zero-order valence-electron chi connectivity index (χ0n) is 14.1. The third-order valence-corrected chi connectivity index (χ3v) is 2.58. The molecule has 0 heterocycles. The van der Waals surface area contributed by atoms with Gasteiger partial charge in [-0.1, -0.05) is 13.8 Å². The summed E-state index contributed by atoms with van der Waals surface area (Å²) in [5.74, 6) is 0.759. The van der Waals surface area contributed by atoms with Gasteiger partial charge in [-0.15, -0.1) is 0 Å². The van der Waals surface area contributed by atoms with E-state index in [4.69, 9.17) is 18.9 Å². The molecule has 0 aromatic rings. The van der Waals surface area contributed by atoms with E-state index in [1.54, 1.807) is 0 Å². The van der Waals surface area contributed by atoms with E-state index in [0.29, 0.717) is 39.6 Å². The summed E-state index contributed by atoms with van der Waals surface area (Å²) in [6.45, 7) is 15.2. The summed E-state index contributed by atoms with van der Waals surface area (Å²) in [7, 11) is 0. The molecule has 0 atom stereocenters. The van der Waals surface area contributed by atoms with Crippen molar-refractivity contribution in [2.45, 2.75) is 53.1 Å². The van der Waals surface area contributed by atoms with Crippen molar-refractivity contribution < 1.29 is 18.9 Å². The van der Waals surface area contributed by atoms with Crippen molar-refractivity contribution in [3.8, 4) is 0 Å². The Hall–Kier alpha value is -0.160. The van der Waals surface area contributed by atoms with Gasteiger partial charge in [-0.25, -0.2) is 0 Å². The molecule has 0 aromatic heterocycles. The molecule has 0 fully saturated rings. The molecular weight excluding hydrogens is 256 g/mol. The predicted molar refractivity (Wildman–Crippen MR) is 82.2 cm³/mol. The highest BCUT2D eigenvalue weighted by Crippen LogP contribution is 2.05. The Morgan fingerprint density at radius 3 is 1.60 bits per heavy atom. The van der Waals surface area contributed by atoms with E-state index in [1.165, 1.54) is 6.42 Å². The highest BCUT2D eigenvalue weighted by atomic mass is 16.6. The monoisotopic (exact) mass is 290 g/mol. The molecule has 0 aliphatic carbocycles. The van der Waals surface area contributed by atoms with E-state index < -0.39 is 0 Å². The molecule has 0 radical (unpaired) electrons. The highest BCUT2D eigenvalue weighted by molar-refractivity contribution is 4.57. The van der Waals surface area contributed by atoms with E-state index in [0.717, 1.165) is 18.9 Å². The van der Waals surface area contributed by atoms with Crippen LogP contribution in [-0.2, 0) is 18.9 Å². The molecule has 0 aliphatic rings. The van der Waals surface area contributed by atoms with E-state index in [9.17, 15) is 0 Å². The predicted octanol–water partition coefficient (Wildman–Crippen LogP) is 3.29. The topological polar surface area (TPSA) is 36.9 Å². The minimum Gasteiger partial charge on any atom is -0.379 e. The Labute approximate surface area is 125 Å². The van der Waals surface area contributed by atoms with E-state index in [2.05, 4.69) is 13.8 Å². The number of hydrogen-bond acceptors (Lipinski definition) is 4. The van der Waals surface area contributed by atoms with Crippen LogP contribution in [0.5, 0.6) is 0 Å². The lowest BCUT2D eigenvalue weighted by molar-refractivity contribution is -0.0450. The van der Waals surface area contributed by atoms with E-state index in [-0.39, 0.29) is 5.60 Å². The van der Waals surface area contributed by atoms with Crippen molar-refractivity contribution in [1.82, 2.24) is 0 Å². The number of ether oxygens (including phenoxy) is 4. The molecule has 122 valence electrons. The van der Waals surface area contributed by atoms with Gasteiger partial charge in [0.25, 0.3) is 0 Å². The quantitative estimate of drug-likeness (QED) is 0.488. The molecular formula is C16H34O4. The molecule has 0 aromatic carbocycles. The number of rotatable bonds is 13. The first kappa shape index (κ1) is 19.8. The SMILES string of the molecule is CC(C)CCCOCCOCCOCCOC(C)(C)C. The van der Waals surface area contributed by atoms with Crippen LogP contribution >= 0.6 is 0 Å². The van der Waals surface area contributed by atoms with Crippen LogP contribution in [0.15, 0.2) is 0 Å². The maximum Gasteiger partial charge on any atom is 0.0707 e. The first-order chi connectivity index (χ1) is 9.42. The van der Waals surface area contributed by atoms with Crippen LogP contribution in [0.2, 0.25) is 0 Å². The fourth-order valence-electron chi connectivity index (χ4n) is 1.54. The molecule has 20 heavy (non-hydrogen) atoms. The summed E-state index contributed by atoms with van der Waals surface area (Å²) in [5, 5.41) is 0. The molecule has 0 rings (SSSR count). The Morgan fingerprint density at radius 2 is 1.15 bits per heavy atom. The lowest BCUT2D eigenvalue weighted by Gasteiger charge is -2.19. The second-order valence-corrected chi connectivity index (χ2v) is 6.33. The van der Waals surface area contributed by atoms with Gasteiger partial charge in [0.15, 0.2) is 0 Å². The maximum absolute atomic E-state index is 5.54. The van der Waals surface area contributed by atoms with Crippen molar-refractivity contribution in [1.29, 1.82) is 0 Å².